The van der Waals surface area contributed by atoms with Crippen LogP contribution in [0.3, 0.4) is 0 Å². The molecule has 63 heavy (non-hydrogen) atoms. The van der Waals surface area contributed by atoms with E-state index in [9.17, 15) is 0 Å². The van der Waals surface area contributed by atoms with E-state index in [4.69, 9.17) is 24.1 Å². The van der Waals surface area contributed by atoms with Crippen LogP contribution in [0.1, 0.15) is 22.3 Å². The van der Waals surface area contributed by atoms with Crippen LogP contribution in [-0.4, -0.2) is 15.0 Å². The zero-order valence-electron chi connectivity index (χ0n) is 33.9. The van der Waals surface area contributed by atoms with Gasteiger partial charge in [-0.2, -0.15) is 0 Å². The van der Waals surface area contributed by atoms with Crippen molar-refractivity contribution in [1.82, 2.24) is 15.0 Å². The van der Waals surface area contributed by atoms with Crippen molar-refractivity contribution in [3.05, 3.63) is 235 Å². The Morgan fingerprint density at radius 2 is 0.873 bits per heavy atom. The summed E-state index contributed by atoms with van der Waals surface area (Å²) in [5.41, 5.74) is 15.5. The van der Waals surface area contributed by atoms with Crippen LogP contribution in [0.4, 0.5) is 0 Å². The van der Waals surface area contributed by atoms with Crippen LogP contribution in [0.5, 0.6) is 11.5 Å². The second-order valence-electron chi connectivity index (χ2n) is 16.3. The van der Waals surface area contributed by atoms with Gasteiger partial charge in [0, 0.05) is 38.6 Å². The van der Waals surface area contributed by atoms with E-state index in [-0.39, 0.29) is 0 Å². The fraction of sp³-hybridized carbons (Fsp3) is 0.0172. The van der Waals surface area contributed by atoms with Gasteiger partial charge in [-0.3, -0.25) is 0 Å². The van der Waals surface area contributed by atoms with E-state index in [1.165, 1.54) is 22.3 Å². The Kier molecular flexibility index (Phi) is 7.75. The lowest BCUT2D eigenvalue weighted by Crippen LogP contribution is -2.32. The van der Waals surface area contributed by atoms with E-state index in [1.807, 2.05) is 66.7 Å². The summed E-state index contributed by atoms with van der Waals surface area (Å²) in [5, 5.41) is 2.27. The van der Waals surface area contributed by atoms with E-state index in [0.29, 0.717) is 17.5 Å². The minimum absolute atomic E-state index is 0.624. The fourth-order valence-corrected chi connectivity index (χ4v) is 10.0. The molecule has 3 heterocycles. The maximum Gasteiger partial charge on any atom is 0.164 e. The first-order valence-electron chi connectivity index (χ1n) is 21.3. The molecule has 5 nitrogen and oxygen atoms in total. The number of ether oxygens (including phenoxy) is 1. The summed E-state index contributed by atoms with van der Waals surface area (Å²) in [6.45, 7) is 0. The summed E-state index contributed by atoms with van der Waals surface area (Å²) in [4.78, 5) is 14.9. The van der Waals surface area contributed by atoms with Crippen molar-refractivity contribution < 1.29 is 9.15 Å². The van der Waals surface area contributed by atoms with Crippen LogP contribution >= 0.6 is 0 Å². The summed E-state index contributed by atoms with van der Waals surface area (Å²) in [6.07, 6.45) is 0. The Morgan fingerprint density at radius 1 is 0.333 bits per heavy atom. The molecule has 2 aliphatic rings. The third-order valence-electron chi connectivity index (χ3n) is 12.8. The van der Waals surface area contributed by atoms with Crippen molar-refractivity contribution in [2.45, 2.75) is 5.41 Å². The fourth-order valence-electron chi connectivity index (χ4n) is 10.0. The molecule has 11 aromatic rings. The standard InChI is InChI=1S/C58H35N3O2/c1-3-15-36(16-4-1)55-59-56(37-17-5-2-6-18-37)61-57(60-55)42-22-14-21-40(34-42)38-19-13-20-39(33-38)41-29-31-51-48(35-41)58(46-26-10-12-28-50(46)63-51)45-25-9-7-23-43(45)53-47(58)30-32-52-54(53)44-24-8-11-27-49(44)62-52/h1-35H. The van der Waals surface area contributed by atoms with E-state index in [1.54, 1.807) is 0 Å². The van der Waals surface area contributed by atoms with Gasteiger partial charge in [-0.25, -0.2) is 15.0 Å². The molecule has 2 aromatic heterocycles. The molecule has 0 N–H and O–H groups in total. The van der Waals surface area contributed by atoms with Crippen LogP contribution in [0.2, 0.25) is 0 Å². The van der Waals surface area contributed by atoms with Crippen molar-refractivity contribution >= 4 is 21.9 Å². The van der Waals surface area contributed by atoms with Gasteiger partial charge in [-0.05, 0) is 87.0 Å². The first-order chi connectivity index (χ1) is 31.2. The zero-order chi connectivity index (χ0) is 41.5. The Hall–Kier alpha value is -8.41. The van der Waals surface area contributed by atoms with Gasteiger partial charge >= 0.3 is 0 Å². The Balaban J connectivity index is 0.957. The molecule has 0 amide bonds. The minimum Gasteiger partial charge on any atom is -0.457 e. The predicted octanol–water partition coefficient (Wildman–Crippen LogP) is 14.6. The molecule has 0 fully saturated rings. The molecule has 1 unspecified atom stereocenters. The number of furan rings is 1. The highest BCUT2D eigenvalue weighted by molar-refractivity contribution is 6.15. The number of hydrogen-bond donors (Lipinski definition) is 0. The average Bonchev–Trinajstić information content (AvgIpc) is 3.88. The van der Waals surface area contributed by atoms with Crippen molar-refractivity contribution in [1.29, 1.82) is 0 Å². The van der Waals surface area contributed by atoms with E-state index in [2.05, 4.69) is 146 Å². The molecule has 0 bridgehead atoms. The second-order valence-corrected chi connectivity index (χ2v) is 16.3. The molecular formula is C58H35N3O2. The molecule has 0 saturated carbocycles. The van der Waals surface area contributed by atoms with E-state index < -0.39 is 5.41 Å². The Bertz CT molecular complexity index is 3560. The van der Waals surface area contributed by atoms with Gasteiger partial charge in [-0.1, -0.05) is 170 Å². The van der Waals surface area contributed by atoms with Gasteiger partial charge in [-0.15, -0.1) is 0 Å². The quantitative estimate of drug-likeness (QED) is 0.173. The summed E-state index contributed by atoms with van der Waals surface area (Å²) < 4.78 is 13.3. The molecule has 9 aromatic carbocycles. The number of fused-ring (bicyclic) bond motifs is 13. The first-order valence-corrected chi connectivity index (χ1v) is 21.3. The van der Waals surface area contributed by atoms with E-state index >= 15 is 0 Å². The van der Waals surface area contributed by atoms with Gasteiger partial charge in [0.1, 0.15) is 22.7 Å². The monoisotopic (exact) mass is 805 g/mol. The van der Waals surface area contributed by atoms with Crippen molar-refractivity contribution in [2.24, 2.45) is 0 Å². The first kappa shape index (κ1) is 35.4. The van der Waals surface area contributed by atoms with Crippen LogP contribution in [0.15, 0.2) is 217 Å². The van der Waals surface area contributed by atoms with Crippen molar-refractivity contribution in [2.75, 3.05) is 0 Å². The number of rotatable bonds is 5. The lowest BCUT2D eigenvalue weighted by molar-refractivity contribution is 0.436. The number of para-hydroxylation sites is 2. The normalized spacial score (nSPS) is 14.5. The summed E-state index contributed by atoms with van der Waals surface area (Å²) >= 11 is 0. The van der Waals surface area contributed by atoms with Crippen molar-refractivity contribution in [3.63, 3.8) is 0 Å². The third-order valence-corrected chi connectivity index (χ3v) is 12.8. The third kappa shape index (κ3) is 5.40. The number of aromatic nitrogens is 3. The van der Waals surface area contributed by atoms with Gasteiger partial charge in [0.25, 0.3) is 0 Å². The maximum atomic E-state index is 6.81. The highest BCUT2D eigenvalue weighted by Crippen LogP contribution is 2.64. The van der Waals surface area contributed by atoms with Gasteiger partial charge in [0.2, 0.25) is 0 Å². The highest BCUT2D eigenvalue weighted by atomic mass is 16.5. The SMILES string of the molecule is c1ccc(-c2nc(-c3ccccc3)nc(-c3cccc(-c4cccc(-c5ccc6c(c5)C5(c7ccccc7O6)c6ccccc6-c6c5ccc5oc7ccccc7c65)c4)c3)n2)cc1. The van der Waals surface area contributed by atoms with Crippen LogP contribution < -0.4 is 4.74 Å². The topological polar surface area (TPSA) is 61.0 Å². The van der Waals surface area contributed by atoms with Crippen LogP contribution in [-0.2, 0) is 5.41 Å². The minimum atomic E-state index is -0.633. The van der Waals surface area contributed by atoms with Crippen LogP contribution in [0.25, 0.3) is 89.5 Å². The van der Waals surface area contributed by atoms with Crippen molar-refractivity contribution in [3.8, 4) is 79.0 Å². The largest absolute Gasteiger partial charge is 0.457 e. The van der Waals surface area contributed by atoms with Gasteiger partial charge in [0.15, 0.2) is 17.5 Å². The molecule has 294 valence electrons. The maximum absolute atomic E-state index is 6.81. The molecule has 1 atom stereocenters. The summed E-state index contributed by atoms with van der Waals surface area (Å²) in [5.74, 6) is 3.61. The average molecular weight is 806 g/mol. The lowest BCUT2D eigenvalue weighted by Gasteiger charge is -2.39. The molecule has 13 rings (SSSR count). The summed E-state index contributed by atoms with van der Waals surface area (Å²) in [6, 6.07) is 74.4. The molecular weight excluding hydrogens is 771 g/mol. The van der Waals surface area contributed by atoms with Crippen LogP contribution in [0, 0.1) is 0 Å². The van der Waals surface area contributed by atoms with Gasteiger partial charge in [0.05, 0.1) is 5.41 Å². The number of nitrogens with zero attached hydrogens (tertiary/aromatic N) is 3. The zero-order valence-corrected chi connectivity index (χ0v) is 33.9. The molecule has 1 aliphatic heterocycles. The molecule has 1 aliphatic carbocycles. The highest BCUT2D eigenvalue weighted by Gasteiger charge is 2.52. The molecule has 5 heteroatoms. The second kappa shape index (κ2) is 13.8. The van der Waals surface area contributed by atoms with Gasteiger partial charge < -0.3 is 9.15 Å². The Morgan fingerprint density at radius 3 is 1.60 bits per heavy atom. The summed E-state index contributed by atoms with van der Waals surface area (Å²) in [7, 11) is 0. The molecule has 1 spiro atoms. The molecule has 0 radical (unpaired) electrons. The lowest BCUT2D eigenvalue weighted by atomic mass is 9.65. The smallest absolute Gasteiger partial charge is 0.164 e. The van der Waals surface area contributed by atoms with E-state index in [0.717, 1.165) is 83.5 Å². The predicted molar refractivity (Wildman–Crippen MR) is 252 cm³/mol. The molecule has 0 saturated heterocycles. The number of hydrogen-bond acceptors (Lipinski definition) is 5. The Labute approximate surface area is 363 Å². The number of benzene rings is 9.